The molecule has 4 N–H and O–H groups in total. The van der Waals surface area contributed by atoms with Gasteiger partial charge in [0.2, 0.25) is 0 Å². The van der Waals surface area contributed by atoms with Crippen molar-refractivity contribution in [3.05, 3.63) is 143 Å². The third-order valence-electron chi connectivity index (χ3n) is 10.4. The van der Waals surface area contributed by atoms with Gasteiger partial charge in [0.1, 0.15) is 23.7 Å². The van der Waals surface area contributed by atoms with Gasteiger partial charge in [0.25, 0.3) is 11.8 Å². The van der Waals surface area contributed by atoms with E-state index in [4.69, 9.17) is 9.47 Å². The number of carbonyl (C=O) groups excluding carboxylic acids is 4. The number of nitrogens with zero attached hydrogens (tertiary/aromatic N) is 4. The largest absolute Gasteiger partial charge is 0.453 e. The first-order valence-electron chi connectivity index (χ1n) is 19.3. The Kier molecular flexibility index (Phi) is 12.4. The van der Waals surface area contributed by atoms with E-state index in [2.05, 4.69) is 30.6 Å². The molecule has 0 unspecified atom stereocenters. The Balaban J connectivity index is 0.964. The summed E-state index contributed by atoms with van der Waals surface area (Å²) in [6.07, 6.45) is 13.2. The highest BCUT2D eigenvalue weighted by molar-refractivity contribution is 5.88. The Morgan fingerprint density at radius 3 is 1.40 bits per heavy atom. The van der Waals surface area contributed by atoms with Crippen LogP contribution in [0.2, 0.25) is 0 Å². The summed E-state index contributed by atoms with van der Waals surface area (Å²) in [6.45, 7) is 1.11. The summed E-state index contributed by atoms with van der Waals surface area (Å²) in [4.78, 5) is 71.5. The molecule has 5 aromatic rings. The van der Waals surface area contributed by atoms with Gasteiger partial charge in [-0.2, -0.15) is 0 Å². The number of hydrogen-bond acceptors (Lipinski definition) is 8. The number of aromatic amines is 2. The first-order chi connectivity index (χ1) is 28.3. The van der Waals surface area contributed by atoms with Crippen molar-refractivity contribution in [3.8, 4) is 0 Å². The lowest BCUT2D eigenvalue weighted by atomic mass is 10.1. The Morgan fingerprint density at radius 2 is 1.02 bits per heavy atom. The van der Waals surface area contributed by atoms with Crippen LogP contribution in [-0.2, 0) is 19.1 Å². The van der Waals surface area contributed by atoms with E-state index in [0.29, 0.717) is 35.9 Å². The van der Waals surface area contributed by atoms with Crippen molar-refractivity contribution in [3.63, 3.8) is 0 Å². The first kappa shape index (κ1) is 39.3. The Bertz CT molecular complexity index is 2090. The minimum absolute atomic E-state index is 0.217. The van der Waals surface area contributed by atoms with E-state index in [1.807, 2.05) is 109 Å². The molecule has 2 aromatic heterocycles. The van der Waals surface area contributed by atoms with Gasteiger partial charge in [-0.05, 0) is 60.1 Å². The van der Waals surface area contributed by atoms with Gasteiger partial charge in [-0.25, -0.2) is 19.6 Å². The van der Waals surface area contributed by atoms with Crippen LogP contribution in [0.5, 0.6) is 0 Å². The van der Waals surface area contributed by atoms with Crippen molar-refractivity contribution in [1.29, 1.82) is 0 Å². The first-order valence-corrected chi connectivity index (χ1v) is 19.3. The van der Waals surface area contributed by atoms with Crippen LogP contribution in [0.25, 0.3) is 24.3 Å². The number of imidazole rings is 2. The quantitative estimate of drug-likeness (QED) is 0.105. The highest BCUT2D eigenvalue weighted by atomic mass is 16.5. The summed E-state index contributed by atoms with van der Waals surface area (Å²) in [5.74, 6) is 0.950. The second-order valence-electron chi connectivity index (χ2n) is 14.1. The number of aromatic nitrogens is 4. The van der Waals surface area contributed by atoms with Crippen molar-refractivity contribution in [1.82, 2.24) is 40.4 Å². The number of carbonyl (C=O) groups is 4. The number of amides is 4. The standard InChI is InChI=1S/C44H46N8O6/c1-57-43(55)49-37(31-11-5-3-6-12-31)41(53)51-25-9-15-35(51)39-45-27-33(47-39)23-21-29-17-19-30(20-18-29)22-24-34-28-46-40(48-34)36-16-10-26-52(36)42(54)38(50-44(56)58-2)32-13-7-4-8-14-32/h3-8,11-14,17-24,27-28,35-38H,9-10,15-16,25-26H2,1-2H3,(H,45,47)(H,46,48)(H,49,55)(H,50,56)/b23-21+,24-22+/t35-,36-,37+,38+/m0/s1. The highest BCUT2D eigenvalue weighted by Gasteiger charge is 2.38. The summed E-state index contributed by atoms with van der Waals surface area (Å²) in [5.41, 5.74) is 4.95. The van der Waals surface area contributed by atoms with Crippen molar-refractivity contribution >= 4 is 48.3 Å². The molecule has 0 spiro atoms. The molecule has 3 aromatic carbocycles. The zero-order valence-corrected chi connectivity index (χ0v) is 32.3. The zero-order valence-electron chi connectivity index (χ0n) is 32.3. The minimum Gasteiger partial charge on any atom is -0.453 e. The van der Waals surface area contributed by atoms with Gasteiger partial charge in [0.15, 0.2) is 0 Å². The zero-order chi connectivity index (χ0) is 40.4. The van der Waals surface area contributed by atoms with Crippen LogP contribution in [0.4, 0.5) is 9.59 Å². The van der Waals surface area contributed by atoms with Gasteiger partial charge >= 0.3 is 12.2 Å². The van der Waals surface area contributed by atoms with E-state index in [1.165, 1.54) is 14.2 Å². The lowest BCUT2D eigenvalue weighted by Crippen LogP contribution is -2.42. The molecule has 0 aliphatic carbocycles. The van der Waals surface area contributed by atoms with Crippen LogP contribution in [0.3, 0.4) is 0 Å². The Hall–Kier alpha value is -6.96. The lowest BCUT2D eigenvalue weighted by Gasteiger charge is -2.28. The van der Waals surface area contributed by atoms with Crippen LogP contribution >= 0.6 is 0 Å². The van der Waals surface area contributed by atoms with Gasteiger partial charge in [-0.15, -0.1) is 0 Å². The van der Waals surface area contributed by atoms with E-state index >= 15 is 0 Å². The molecule has 0 bridgehead atoms. The number of nitrogens with one attached hydrogen (secondary N) is 4. The smallest absolute Gasteiger partial charge is 0.407 e. The molecule has 4 amide bonds. The van der Waals surface area contributed by atoms with Crippen molar-refractivity contribution in [2.24, 2.45) is 0 Å². The summed E-state index contributed by atoms with van der Waals surface area (Å²) in [7, 11) is 2.55. The van der Waals surface area contributed by atoms with Crippen LogP contribution in [-0.4, -0.2) is 81.0 Å². The molecule has 14 nitrogen and oxygen atoms in total. The maximum absolute atomic E-state index is 13.8. The lowest BCUT2D eigenvalue weighted by molar-refractivity contribution is -0.135. The number of methoxy groups -OCH3 is 2. The van der Waals surface area contributed by atoms with E-state index in [1.54, 1.807) is 22.2 Å². The van der Waals surface area contributed by atoms with Crippen LogP contribution in [0.15, 0.2) is 97.3 Å². The number of benzene rings is 3. The highest BCUT2D eigenvalue weighted by Crippen LogP contribution is 2.34. The SMILES string of the molecule is COC(=O)N[C@@H](C(=O)N1CCC[C@H]1c1ncc(/C=C/c2ccc(/C=C/c3cnc([C@@H]4CCCN4C(=O)[C@H](NC(=O)OC)c4ccccc4)[nH]3)cc2)[nH]1)c1ccccc1. The second-order valence-corrected chi connectivity index (χ2v) is 14.1. The summed E-state index contributed by atoms with van der Waals surface area (Å²) in [5, 5.41) is 5.39. The number of ether oxygens (including phenoxy) is 2. The van der Waals surface area contributed by atoms with E-state index in [-0.39, 0.29) is 23.9 Å². The molecular weight excluding hydrogens is 737 g/mol. The van der Waals surface area contributed by atoms with Crippen LogP contribution < -0.4 is 10.6 Å². The number of likely N-dealkylation sites (tertiary alicyclic amines) is 2. The number of rotatable bonds is 12. The normalized spacial score (nSPS) is 17.7. The molecule has 2 aliphatic heterocycles. The van der Waals surface area contributed by atoms with Gasteiger partial charge in [-0.3, -0.25) is 9.59 Å². The van der Waals surface area contributed by atoms with E-state index in [0.717, 1.165) is 48.2 Å². The molecule has 0 saturated carbocycles. The predicted octanol–water partition coefficient (Wildman–Crippen LogP) is 7.00. The Morgan fingerprint density at radius 1 is 0.621 bits per heavy atom. The van der Waals surface area contributed by atoms with E-state index in [9.17, 15) is 19.2 Å². The molecule has 14 heteroatoms. The van der Waals surface area contributed by atoms with Gasteiger partial charge in [0.05, 0.1) is 50.1 Å². The van der Waals surface area contributed by atoms with Gasteiger partial charge < -0.3 is 39.9 Å². The van der Waals surface area contributed by atoms with Crippen LogP contribution in [0.1, 0.15) is 95.1 Å². The van der Waals surface area contributed by atoms with Crippen molar-refractivity contribution in [2.75, 3.05) is 27.3 Å². The molecule has 0 radical (unpaired) electrons. The Labute approximate surface area is 336 Å². The molecule has 2 saturated heterocycles. The average molecular weight is 783 g/mol. The molecule has 7 rings (SSSR count). The third kappa shape index (κ3) is 9.18. The topological polar surface area (TPSA) is 175 Å². The fraction of sp³-hybridized carbons (Fsp3) is 0.273. The maximum atomic E-state index is 13.8. The van der Waals surface area contributed by atoms with Gasteiger partial charge in [-0.1, -0.05) is 97.1 Å². The summed E-state index contributed by atoms with van der Waals surface area (Å²) in [6, 6.07) is 24.1. The predicted molar refractivity (Wildman–Crippen MR) is 218 cm³/mol. The minimum atomic E-state index is -0.878. The van der Waals surface area contributed by atoms with Crippen molar-refractivity contribution < 1.29 is 28.7 Å². The maximum Gasteiger partial charge on any atom is 0.407 e. The molecule has 58 heavy (non-hydrogen) atoms. The fourth-order valence-electron chi connectivity index (χ4n) is 7.48. The van der Waals surface area contributed by atoms with E-state index < -0.39 is 24.3 Å². The molecule has 4 atom stereocenters. The molecule has 4 heterocycles. The van der Waals surface area contributed by atoms with Crippen molar-refractivity contribution in [2.45, 2.75) is 49.9 Å². The fourth-order valence-corrected chi connectivity index (χ4v) is 7.48. The summed E-state index contributed by atoms with van der Waals surface area (Å²) >= 11 is 0. The third-order valence-corrected chi connectivity index (χ3v) is 10.4. The monoisotopic (exact) mass is 782 g/mol. The molecular formula is C44H46N8O6. The number of hydrogen-bond donors (Lipinski definition) is 4. The molecule has 2 aliphatic rings. The number of alkyl carbamates (subject to hydrolysis) is 2. The molecule has 2 fully saturated rings. The van der Waals surface area contributed by atoms with Crippen LogP contribution in [0, 0.1) is 0 Å². The average Bonchev–Trinajstić information content (AvgIpc) is 4.11. The molecule has 298 valence electrons. The van der Waals surface area contributed by atoms with Gasteiger partial charge in [0, 0.05) is 13.1 Å². The number of H-pyrrole nitrogens is 2. The summed E-state index contributed by atoms with van der Waals surface area (Å²) < 4.78 is 9.61. The second kappa shape index (κ2) is 18.3.